The van der Waals surface area contributed by atoms with Crippen LogP contribution < -0.4 is 9.47 Å². The molecule has 1 rings (SSSR count). The summed E-state index contributed by atoms with van der Waals surface area (Å²) in [7, 11) is 1.00. The largest absolute Gasteiger partial charge is 0.573 e. The smallest absolute Gasteiger partial charge is 0.492 e. The Morgan fingerprint density at radius 2 is 2.16 bits per heavy atom. The highest BCUT2D eigenvalue weighted by atomic mass is 19.4. The van der Waals surface area contributed by atoms with Gasteiger partial charge in [0, 0.05) is 0 Å². The Hall–Kier alpha value is -2.57. The maximum absolute atomic E-state index is 12.2. The second-order valence-corrected chi connectivity index (χ2v) is 3.11. The van der Waals surface area contributed by atoms with Gasteiger partial charge in [0.1, 0.15) is 6.20 Å². The molecule has 0 aliphatic carbocycles. The van der Waals surface area contributed by atoms with Crippen LogP contribution in [0.15, 0.2) is 6.20 Å². The average molecular weight is 277 g/mol. The second-order valence-electron chi connectivity index (χ2n) is 3.11. The minimum atomic E-state index is -5.15. The van der Waals surface area contributed by atoms with Gasteiger partial charge in [-0.1, -0.05) is 0 Å². The number of hydrogen-bond donors (Lipinski definition) is 0. The van der Waals surface area contributed by atoms with E-state index in [1.165, 1.54) is 0 Å². The van der Waals surface area contributed by atoms with Crippen molar-refractivity contribution < 1.29 is 27.6 Å². The number of alkyl halides is 3. The molecule has 0 saturated carbocycles. The van der Waals surface area contributed by atoms with Gasteiger partial charge in [0.05, 0.1) is 25.2 Å². The first kappa shape index (κ1) is 14.5. The zero-order valence-electron chi connectivity index (χ0n) is 9.39. The second kappa shape index (κ2) is 5.38. The molecule has 19 heavy (non-hydrogen) atoms. The maximum atomic E-state index is 12.2. The Morgan fingerprint density at radius 3 is 2.58 bits per heavy atom. The van der Waals surface area contributed by atoms with E-state index >= 15 is 0 Å². The van der Waals surface area contributed by atoms with E-state index in [4.69, 9.17) is 5.26 Å². The summed E-state index contributed by atoms with van der Waals surface area (Å²) in [4.78, 5) is 12.7. The predicted octanol–water partition coefficient (Wildman–Crippen LogP) is 1.96. The van der Waals surface area contributed by atoms with Crippen LogP contribution in [-0.2, 0) is 6.42 Å². The summed E-state index contributed by atoms with van der Waals surface area (Å²) >= 11 is 0. The molecule has 0 aliphatic rings. The van der Waals surface area contributed by atoms with Gasteiger partial charge in [-0.3, -0.25) is 0 Å². The van der Waals surface area contributed by atoms with E-state index in [0.717, 1.165) is 13.3 Å². The maximum Gasteiger partial charge on any atom is 0.573 e. The molecule has 1 aromatic heterocycles. The Balaban J connectivity index is 3.46. The van der Waals surface area contributed by atoms with Crippen LogP contribution in [0.1, 0.15) is 5.56 Å². The minimum Gasteiger partial charge on any atom is -0.492 e. The molecule has 0 N–H and O–H groups in total. The molecule has 0 fully saturated rings. The quantitative estimate of drug-likeness (QED) is 0.616. The summed E-state index contributed by atoms with van der Waals surface area (Å²) in [6.45, 7) is 0. The SMILES string of the molecule is COc1c(CC#N)cnc([N+](=O)[O-])c1OC(F)(F)F. The van der Waals surface area contributed by atoms with Crippen molar-refractivity contribution in [1.29, 1.82) is 5.26 Å². The summed E-state index contributed by atoms with van der Waals surface area (Å²) in [5.74, 6) is -2.86. The fraction of sp³-hybridized carbons (Fsp3) is 0.333. The third kappa shape index (κ3) is 3.44. The van der Waals surface area contributed by atoms with Crippen LogP contribution in [0, 0.1) is 21.4 Å². The first-order chi connectivity index (χ1) is 8.80. The molecule has 0 spiro atoms. The van der Waals surface area contributed by atoms with E-state index in [0.29, 0.717) is 0 Å². The number of nitro groups is 1. The lowest BCUT2D eigenvalue weighted by molar-refractivity contribution is -0.393. The number of aromatic nitrogens is 1. The van der Waals surface area contributed by atoms with Crippen LogP contribution in [0.2, 0.25) is 0 Å². The molecule has 10 heteroatoms. The fourth-order valence-electron chi connectivity index (χ4n) is 1.28. The van der Waals surface area contributed by atoms with Crippen LogP contribution in [0.5, 0.6) is 11.5 Å². The molecule has 7 nitrogen and oxygen atoms in total. The van der Waals surface area contributed by atoms with Gasteiger partial charge in [-0.2, -0.15) is 5.26 Å². The van der Waals surface area contributed by atoms with Crippen LogP contribution in [0.4, 0.5) is 19.0 Å². The zero-order chi connectivity index (χ0) is 14.6. The molecular weight excluding hydrogens is 271 g/mol. The number of ether oxygens (including phenoxy) is 2. The van der Waals surface area contributed by atoms with Crippen molar-refractivity contribution in [3.05, 3.63) is 21.9 Å². The minimum absolute atomic E-state index is 0.0464. The van der Waals surface area contributed by atoms with Gasteiger partial charge in [0.15, 0.2) is 5.75 Å². The summed E-state index contributed by atoms with van der Waals surface area (Å²) in [6, 6.07) is 1.67. The number of nitriles is 1. The Bertz CT molecular complexity index is 539. The van der Waals surface area contributed by atoms with Crippen molar-refractivity contribution in [2.45, 2.75) is 12.8 Å². The molecule has 0 unspecified atom stereocenters. The van der Waals surface area contributed by atoms with Crippen molar-refractivity contribution in [3.63, 3.8) is 0 Å². The van der Waals surface area contributed by atoms with Crippen molar-refractivity contribution in [2.75, 3.05) is 7.11 Å². The molecule has 0 aliphatic heterocycles. The lowest BCUT2D eigenvalue weighted by atomic mass is 10.2. The molecule has 1 aromatic rings. The number of nitrogens with zero attached hydrogens (tertiary/aromatic N) is 3. The Labute approximate surface area is 104 Å². The van der Waals surface area contributed by atoms with E-state index < -0.39 is 28.6 Å². The van der Waals surface area contributed by atoms with E-state index in [1.54, 1.807) is 6.07 Å². The van der Waals surface area contributed by atoms with E-state index in [1.807, 2.05) is 0 Å². The van der Waals surface area contributed by atoms with Crippen LogP contribution >= 0.6 is 0 Å². The number of hydrogen-bond acceptors (Lipinski definition) is 6. The molecule has 1 heterocycles. The number of rotatable bonds is 4. The normalized spacial score (nSPS) is 10.7. The highest BCUT2D eigenvalue weighted by molar-refractivity contribution is 5.55. The van der Waals surface area contributed by atoms with Gasteiger partial charge in [0.25, 0.3) is 5.75 Å². The molecule has 0 amide bonds. The van der Waals surface area contributed by atoms with Gasteiger partial charge in [0.2, 0.25) is 0 Å². The predicted molar refractivity (Wildman–Crippen MR) is 53.4 cm³/mol. The third-order valence-electron chi connectivity index (χ3n) is 1.91. The number of methoxy groups -OCH3 is 1. The van der Waals surface area contributed by atoms with E-state index in [2.05, 4.69) is 14.5 Å². The fourth-order valence-corrected chi connectivity index (χ4v) is 1.28. The molecule has 0 aromatic carbocycles. The van der Waals surface area contributed by atoms with Crippen molar-refractivity contribution in [3.8, 4) is 17.6 Å². The Kier molecular flexibility index (Phi) is 4.11. The number of pyridine rings is 1. The first-order valence-corrected chi connectivity index (χ1v) is 4.63. The zero-order valence-corrected chi connectivity index (χ0v) is 9.39. The lowest BCUT2D eigenvalue weighted by Gasteiger charge is -2.13. The van der Waals surface area contributed by atoms with Crippen LogP contribution in [0.3, 0.4) is 0 Å². The molecule has 0 atom stereocenters. The lowest BCUT2D eigenvalue weighted by Crippen LogP contribution is -2.19. The first-order valence-electron chi connectivity index (χ1n) is 4.63. The average Bonchev–Trinajstić information content (AvgIpc) is 2.27. The monoisotopic (exact) mass is 277 g/mol. The standard InChI is InChI=1S/C9H6F3N3O4/c1-18-6-5(2-3-13)4-14-8(15(16)17)7(6)19-9(10,11)12/h4H,2H2,1H3. The van der Waals surface area contributed by atoms with E-state index in [9.17, 15) is 23.3 Å². The summed E-state index contributed by atoms with van der Waals surface area (Å²) < 4.78 is 44.9. The molecule has 102 valence electrons. The van der Waals surface area contributed by atoms with Crippen molar-refractivity contribution in [2.24, 2.45) is 0 Å². The molecule has 0 bridgehead atoms. The van der Waals surface area contributed by atoms with Crippen LogP contribution in [-0.4, -0.2) is 23.4 Å². The summed E-state index contributed by atoms with van der Waals surface area (Å²) in [5.41, 5.74) is -0.0464. The summed E-state index contributed by atoms with van der Waals surface area (Å²) in [6.07, 6.45) is -4.59. The number of halogens is 3. The van der Waals surface area contributed by atoms with Gasteiger partial charge in [-0.05, 0) is 9.91 Å². The van der Waals surface area contributed by atoms with Crippen molar-refractivity contribution in [1.82, 2.24) is 4.98 Å². The molecular formula is C9H6F3N3O4. The third-order valence-corrected chi connectivity index (χ3v) is 1.91. The Morgan fingerprint density at radius 1 is 1.53 bits per heavy atom. The van der Waals surface area contributed by atoms with Gasteiger partial charge < -0.3 is 19.6 Å². The summed E-state index contributed by atoms with van der Waals surface area (Å²) in [5, 5.41) is 19.1. The van der Waals surface area contributed by atoms with Crippen LogP contribution in [0.25, 0.3) is 0 Å². The molecule has 0 saturated heterocycles. The van der Waals surface area contributed by atoms with Gasteiger partial charge >= 0.3 is 12.2 Å². The molecule has 0 radical (unpaired) electrons. The highest BCUT2D eigenvalue weighted by Gasteiger charge is 2.38. The van der Waals surface area contributed by atoms with Gasteiger partial charge in [-0.15, -0.1) is 13.2 Å². The van der Waals surface area contributed by atoms with Crippen molar-refractivity contribution >= 4 is 5.82 Å². The van der Waals surface area contributed by atoms with E-state index in [-0.39, 0.29) is 12.0 Å². The van der Waals surface area contributed by atoms with Gasteiger partial charge in [-0.25, -0.2) is 0 Å². The highest BCUT2D eigenvalue weighted by Crippen LogP contribution is 2.41. The topological polar surface area (TPSA) is 98.3 Å².